The van der Waals surface area contributed by atoms with Crippen molar-refractivity contribution in [3.8, 4) is 0 Å². The lowest BCUT2D eigenvalue weighted by atomic mass is 9.97. The number of aliphatic carboxylic acids is 3. The first-order valence-corrected chi connectivity index (χ1v) is 28.1. The molecule has 3 aromatic rings. The van der Waals surface area contributed by atoms with E-state index in [-0.39, 0.29) is 108 Å². The van der Waals surface area contributed by atoms with Crippen LogP contribution in [0.25, 0.3) is 10.9 Å². The van der Waals surface area contributed by atoms with Crippen molar-refractivity contribution in [2.75, 3.05) is 6.54 Å². The number of carbonyl (C=O) groups is 10. The lowest BCUT2D eigenvalue weighted by Gasteiger charge is -2.27. The molecule has 0 radical (unpaired) electrons. The average molecular weight is 1130 g/mol. The second-order valence-electron chi connectivity index (χ2n) is 22.1. The molecule has 0 saturated carbocycles. The fourth-order valence-electron chi connectivity index (χ4n) is 9.27. The third-order valence-corrected chi connectivity index (χ3v) is 14.0. The van der Waals surface area contributed by atoms with Crippen molar-refractivity contribution in [2.24, 2.45) is 29.2 Å². The summed E-state index contributed by atoms with van der Waals surface area (Å²) in [7, 11) is 0. The predicted octanol–water partition coefficient (Wildman–Crippen LogP) is 3.32. The van der Waals surface area contributed by atoms with Gasteiger partial charge in [-0.1, -0.05) is 90.1 Å². The number of nitrogens with one attached hydrogen (secondary N) is 8. The van der Waals surface area contributed by atoms with Gasteiger partial charge in [-0.25, -0.2) is 0 Å². The predicted molar refractivity (Wildman–Crippen MR) is 305 cm³/mol. The van der Waals surface area contributed by atoms with Crippen LogP contribution < -0.4 is 48.7 Å². The third kappa shape index (κ3) is 27.6. The highest BCUT2D eigenvalue weighted by molar-refractivity contribution is 5.86. The maximum Gasteiger partial charge on any atom is 0.305 e. The van der Waals surface area contributed by atoms with Gasteiger partial charge < -0.3 is 69.0 Å². The van der Waals surface area contributed by atoms with E-state index < -0.39 is 114 Å². The number of carboxylic acids is 3. The van der Waals surface area contributed by atoms with Crippen LogP contribution in [0.1, 0.15) is 143 Å². The molecule has 8 atom stereocenters. The molecule has 23 heteroatoms. The summed E-state index contributed by atoms with van der Waals surface area (Å²) in [6, 6.07) is 10.9. The minimum Gasteiger partial charge on any atom is -0.481 e. The van der Waals surface area contributed by atoms with Crippen LogP contribution in [-0.2, 0) is 60.8 Å². The quantitative estimate of drug-likeness (QED) is 0.0390. The highest BCUT2D eigenvalue weighted by Crippen LogP contribution is 2.21. The van der Waals surface area contributed by atoms with Crippen LogP contribution in [0, 0.1) is 17.8 Å². The van der Waals surface area contributed by atoms with E-state index in [4.69, 9.17) is 16.6 Å². The summed E-state index contributed by atoms with van der Waals surface area (Å²) >= 11 is 0. The Morgan fingerprint density at radius 2 is 0.864 bits per heavy atom. The zero-order valence-corrected chi connectivity index (χ0v) is 47.7. The molecule has 0 aliphatic heterocycles. The second kappa shape index (κ2) is 35.4. The minimum atomic E-state index is -1.21. The van der Waals surface area contributed by atoms with Crippen LogP contribution in [-0.4, -0.2) is 134 Å². The highest BCUT2D eigenvalue weighted by atomic mass is 16.4. The van der Waals surface area contributed by atoms with E-state index in [0.29, 0.717) is 12.8 Å². The molecule has 3 rings (SSSR count). The summed E-state index contributed by atoms with van der Waals surface area (Å²) in [5, 5.41) is 48.9. The molecule has 0 bridgehead atoms. The Morgan fingerprint density at radius 1 is 0.457 bits per heavy atom. The number of amides is 7. The molecule has 448 valence electrons. The average Bonchev–Trinajstić information content (AvgIpc) is 3.86. The van der Waals surface area contributed by atoms with Crippen LogP contribution in [0.5, 0.6) is 0 Å². The molecule has 1 aromatic heterocycles. The first kappa shape index (κ1) is 67.9. The number of fused-ring (bicyclic) bond motifs is 1. The van der Waals surface area contributed by atoms with Crippen molar-refractivity contribution in [1.29, 1.82) is 0 Å². The van der Waals surface area contributed by atoms with E-state index in [2.05, 4.69) is 42.2 Å². The van der Waals surface area contributed by atoms with Gasteiger partial charge in [0.2, 0.25) is 41.4 Å². The fraction of sp³-hybridized carbons (Fsp3) is 0.586. The standard InChI is InChI=1S/C58H88N10O13/c1-34(2)45(60)30-53(73)63-40(18-20-56(76)77)26-52(72)68-48(36(5)6)32-55(75)66-43(24-38-33-61-46-17-11-10-16-44(38)46)28-50(70)62-39(15-12-22-59)25-51(71)67-47(35(3)4)31-54(74)65-42(23-37-13-8-7-9-14-37)27-49(69)64-41(29-58(80)81)19-21-57(78)79/h7-11,13-14,16-17,33-36,39-43,45,47-48,61H,12,15,18-32,59-60H2,1-6H3,(H,62,70)(H,63,73)(H,64,69)(H,65,74)(H,66,75)(H,67,71)(H,68,72)(H,76,77)(H,78,79)(H,80,81)/t39-,40-,41-,42-,43-,45-,47-,48-/m0/s1. The fourth-order valence-corrected chi connectivity index (χ4v) is 9.27. The second-order valence-corrected chi connectivity index (χ2v) is 22.1. The highest BCUT2D eigenvalue weighted by Gasteiger charge is 2.29. The number of H-pyrrole nitrogens is 1. The van der Waals surface area contributed by atoms with Crippen LogP contribution in [0.4, 0.5) is 0 Å². The maximum absolute atomic E-state index is 14.1. The number of hydrogen-bond acceptors (Lipinski definition) is 12. The molecular formula is C58H88N10O13. The number of aromatic amines is 1. The Hall–Kier alpha value is -7.40. The van der Waals surface area contributed by atoms with Gasteiger partial charge in [-0.2, -0.15) is 0 Å². The van der Waals surface area contributed by atoms with Crippen molar-refractivity contribution in [1.82, 2.24) is 42.2 Å². The first-order valence-electron chi connectivity index (χ1n) is 28.1. The van der Waals surface area contributed by atoms with Crippen LogP contribution in [0.15, 0.2) is 60.8 Å². The molecule has 0 fully saturated rings. The Morgan fingerprint density at radius 3 is 1.33 bits per heavy atom. The summed E-state index contributed by atoms with van der Waals surface area (Å²) in [4.78, 5) is 133. The number of hydrogen-bond donors (Lipinski definition) is 13. The normalized spacial score (nSPS) is 14.4. The molecule has 0 saturated heterocycles. The van der Waals surface area contributed by atoms with Gasteiger partial charge in [0.15, 0.2) is 0 Å². The Balaban J connectivity index is 1.74. The number of benzene rings is 2. The molecule has 0 aliphatic carbocycles. The molecule has 81 heavy (non-hydrogen) atoms. The van der Waals surface area contributed by atoms with Gasteiger partial charge in [0.05, 0.1) is 6.42 Å². The number of carbonyl (C=O) groups excluding carboxylic acids is 7. The summed E-state index contributed by atoms with van der Waals surface area (Å²) in [5.41, 5.74) is 14.5. The zero-order chi connectivity index (χ0) is 60.2. The molecule has 7 amide bonds. The number of para-hydroxylation sites is 1. The van der Waals surface area contributed by atoms with Crippen LogP contribution in [0.3, 0.4) is 0 Å². The van der Waals surface area contributed by atoms with E-state index in [1.807, 2.05) is 90.2 Å². The van der Waals surface area contributed by atoms with Crippen molar-refractivity contribution in [3.63, 3.8) is 0 Å². The monoisotopic (exact) mass is 1130 g/mol. The lowest BCUT2D eigenvalue weighted by Crippen LogP contribution is -2.49. The first-order chi connectivity index (χ1) is 38.3. The summed E-state index contributed by atoms with van der Waals surface area (Å²) in [5.74, 6) is -7.25. The third-order valence-electron chi connectivity index (χ3n) is 14.0. The van der Waals surface area contributed by atoms with Gasteiger partial charge in [-0.3, -0.25) is 47.9 Å². The molecule has 15 N–H and O–H groups in total. The topological polar surface area (TPSA) is 383 Å². The van der Waals surface area contributed by atoms with Crippen molar-refractivity contribution >= 4 is 70.2 Å². The maximum atomic E-state index is 14.1. The Bertz CT molecular complexity index is 2540. The van der Waals surface area contributed by atoms with Gasteiger partial charge in [0.1, 0.15) is 0 Å². The molecule has 0 unspecified atom stereocenters. The van der Waals surface area contributed by atoms with Crippen molar-refractivity contribution in [3.05, 3.63) is 71.9 Å². The molecule has 1 heterocycles. The summed E-state index contributed by atoms with van der Waals surface area (Å²) < 4.78 is 0. The molecule has 0 spiro atoms. The molecular weight excluding hydrogens is 1040 g/mol. The smallest absolute Gasteiger partial charge is 0.305 e. The number of aromatic nitrogens is 1. The van der Waals surface area contributed by atoms with Gasteiger partial charge in [0, 0.05) is 123 Å². The van der Waals surface area contributed by atoms with Crippen molar-refractivity contribution < 1.29 is 63.3 Å². The molecule has 23 nitrogen and oxygen atoms in total. The lowest BCUT2D eigenvalue weighted by molar-refractivity contribution is -0.140. The van der Waals surface area contributed by atoms with E-state index in [1.54, 1.807) is 12.1 Å². The van der Waals surface area contributed by atoms with Crippen LogP contribution in [0.2, 0.25) is 0 Å². The van der Waals surface area contributed by atoms with E-state index >= 15 is 0 Å². The van der Waals surface area contributed by atoms with E-state index in [0.717, 1.165) is 22.0 Å². The number of carboxylic acid groups (broad SMARTS) is 3. The largest absolute Gasteiger partial charge is 0.481 e. The number of nitrogens with two attached hydrogens (primary N) is 2. The van der Waals surface area contributed by atoms with E-state index in [9.17, 15) is 58.2 Å². The number of rotatable bonds is 39. The van der Waals surface area contributed by atoms with Crippen molar-refractivity contribution in [2.45, 2.75) is 193 Å². The summed E-state index contributed by atoms with van der Waals surface area (Å²) in [6.07, 6.45) is 0.616. The SMILES string of the molecule is CC(C)[C@H](CC(=O)N[C@H](CC(=O)N[C@@H](CCC(=O)O)CC(=O)O)Cc1ccccc1)NC(=O)C[C@H](CCCN)NC(=O)C[C@H](Cc1c[nH]c2ccccc12)NC(=O)C[C@H](NC(=O)C[C@H](CCC(=O)O)NC(=O)C[C@H](N)C(C)C)C(C)C. The molecule has 2 aromatic carbocycles. The van der Waals surface area contributed by atoms with Crippen LogP contribution >= 0.6 is 0 Å². The van der Waals surface area contributed by atoms with Gasteiger partial charge >= 0.3 is 17.9 Å². The van der Waals surface area contributed by atoms with Gasteiger partial charge in [-0.05, 0) is 80.0 Å². The van der Waals surface area contributed by atoms with E-state index in [1.165, 1.54) is 0 Å². The minimum absolute atomic E-state index is 0.00506. The Kier molecular flexibility index (Phi) is 29.6. The Labute approximate surface area is 474 Å². The molecule has 0 aliphatic rings. The summed E-state index contributed by atoms with van der Waals surface area (Å²) in [6.45, 7) is 11.3. The van der Waals surface area contributed by atoms with Gasteiger partial charge in [0.25, 0.3) is 0 Å². The van der Waals surface area contributed by atoms with Gasteiger partial charge in [-0.15, -0.1) is 0 Å². The zero-order valence-electron chi connectivity index (χ0n) is 47.7.